The van der Waals surface area contributed by atoms with Crippen LogP contribution in [0.15, 0.2) is 30.5 Å². The van der Waals surface area contributed by atoms with Crippen LogP contribution >= 0.6 is 0 Å². The molecule has 1 aromatic carbocycles. The van der Waals surface area contributed by atoms with Gasteiger partial charge in [0.25, 0.3) is 0 Å². The Bertz CT molecular complexity index is 739. The highest BCUT2D eigenvalue weighted by atomic mass is 19.4. The Morgan fingerprint density at radius 2 is 1.86 bits per heavy atom. The Balaban J connectivity index is 0.00000190. The van der Waals surface area contributed by atoms with Crippen LogP contribution in [0.4, 0.5) is 30.6 Å². The lowest BCUT2D eigenvalue weighted by atomic mass is 10.2. The van der Waals surface area contributed by atoms with Gasteiger partial charge in [-0.05, 0) is 24.3 Å². The van der Waals surface area contributed by atoms with E-state index in [-0.39, 0.29) is 11.8 Å². The number of hydrogen-bond acceptors (Lipinski definition) is 6. The molecule has 1 aromatic heterocycles. The third-order valence-corrected chi connectivity index (χ3v) is 3.43. The predicted octanol–water partition coefficient (Wildman–Crippen LogP) is 3.69. The van der Waals surface area contributed by atoms with Crippen LogP contribution in [0.3, 0.4) is 0 Å². The van der Waals surface area contributed by atoms with E-state index in [0.717, 1.165) is 5.69 Å². The van der Waals surface area contributed by atoms with E-state index in [1.807, 2.05) is 37.9 Å². The van der Waals surface area contributed by atoms with E-state index >= 15 is 0 Å². The molecule has 0 saturated heterocycles. The van der Waals surface area contributed by atoms with Gasteiger partial charge in [0.2, 0.25) is 12.4 Å². The number of methoxy groups -OCH3 is 1. The van der Waals surface area contributed by atoms with Crippen molar-refractivity contribution in [1.82, 2.24) is 9.97 Å². The van der Waals surface area contributed by atoms with Crippen molar-refractivity contribution in [2.24, 2.45) is 0 Å². The number of aromatic nitrogens is 2. The van der Waals surface area contributed by atoms with Crippen molar-refractivity contribution in [3.8, 4) is 5.75 Å². The highest BCUT2D eigenvalue weighted by molar-refractivity contribution is 5.71. The Kier molecular flexibility index (Phi) is 9.00. The van der Waals surface area contributed by atoms with E-state index in [1.165, 1.54) is 6.20 Å². The quantitative estimate of drug-likeness (QED) is 0.659. The number of nitrogens with one attached hydrogen (secondary N) is 2. The fourth-order valence-electron chi connectivity index (χ4n) is 2.15. The predicted molar refractivity (Wildman–Crippen MR) is 103 cm³/mol. The molecule has 0 aliphatic heterocycles. The van der Waals surface area contributed by atoms with Gasteiger partial charge in [-0.2, -0.15) is 18.2 Å². The van der Waals surface area contributed by atoms with Gasteiger partial charge in [0, 0.05) is 31.0 Å². The number of benzene rings is 1. The zero-order valence-corrected chi connectivity index (χ0v) is 16.2. The largest absolute Gasteiger partial charge is 0.497 e. The van der Waals surface area contributed by atoms with Gasteiger partial charge in [-0.3, -0.25) is 4.79 Å². The van der Waals surface area contributed by atoms with Gasteiger partial charge < -0.3 is 20.3 Å². The molecule has 0 fully saturated rings. The first-order valence-electron chi connectivity index (χ1n) is 8.54. The summed E-state index contributed by atoms with van der Waals surface area (Å²) in [6.07, 6.45) is -2.61. The van der Waals surface area contributed by atoms with Gasteiger partial charge in [-0.15, -0.1) is 0 Å². The Morgan fingerprint density at radius 1 is 1.21 bits per heavy atom. The van der Waals surface area contributed by atoms with Gasteiger partial charge in [0.05, 0.1) is 7.11 Å². The molecule has 0 radical (unpaired) electrons. The molecule has 0 saturated carbocycles. The van der Waals surface area contributed by atoms with E-state index < -0.39 is 12.7 Å². The third-order valence-electron chi connectivity index (χ3n) is 3.43. The number of rotatable bonds is 8. The molecule has 0 spiro atoms. The number of anilines is 3. The number of ether oxygens (including phenoxy) is 1. The van der Waals surface area contributed by atoms with Gasteiger partial charge >= 0.3 is 6.18 Å². The molecule has 0 aliphatic carbocycles. The minimum atomic E-state index is -4.39. The summed E-state index contributed by atoms with van der Waals surface area (Å²) in [6.45, 7) is 3.07. The molecule has 2 N–H and O–H groups in total. The lowest BCUT2D eigenvalue weighted by Gasteiger charge is -2.21. The molecule has 1 amide bonds. The van der Waals surface area contributed by atoms with Crippen LogP contribution in [0, 0.1) is 0 Å². The smallest absolute Gasteiger partial charge is 0.405 e. The summed E-state index contributed by atoms with van der Waals surface area (Å²) < 4.78 is 41.9. The molecule has 0 unspecified atom stereocenters. The van der Waals surface area contributed by atoms with Gasteiger partial charge in [0.1, 0.15) is 18.1 Å². The number of nitrogens with zero attached hydrogens (tertiary/aromatic N) is 3. The van der Waals surface area contributed by atoms with Crippen molar-refractivity contribution in [3.05, 3.63) is 36.0 Å². The van der Waals surface area contributed by atoms with E-state index in [0.29, 0.717) is 24.3 Å². The van der Waals surface area contributed by atoms with E-state index in [4.69, 9.17) is 4.74 Å². The third kappa shape index (κ3) is 7.29. The Labute approximate surface area is 161 Å². The summed E-state index contributed by atoms with van der Waals surface area (Å²) in [4.78, 5) is 20.5. The second kappa shape index (κ2) is 11.0. The molecule has 0 bridgehead atoms. The Hall–Kier alpha value is -3.04. The molecule has 2 rings (SSSR count). The zero-order valence-electron chi connectivity index (χ0n) is 16.2. The fraction of sp³-hybridized carbons (Fsp3) is 0.389. The number of hydrogen-bond donors (Lipinski definition) is 2. The van der Waals surface area contributed by atoms with E-state index in [1.54, 1.807) is 19.2 Å². The summed E-state index contributed by atoms with van der Waals surface area (Å²) in [7, 11) is 3.39. The number of halogens is 3. The topological polar surface area (TPSA) is 79.4 Å². The maximum absolute atomic E-state index is 12.3. The van der Waals surface area contributed by atoms with Crippen LogP contribution in [0.5, 0.6) is 5.75 Å². The van der Waals surface area contributed by atoms with Crippen LogP contribution in [0.2, 0.25) is 0 Å². The second-order valence-electron chi connectivity index (χ2n) is 5.35. The van der Waals surface area contributed by atoms with Gasteiger partial charge in [-0.25, -0.2) is 4.98 Å². The molecule has 154 valence electrons. The highest BCUT2D eigenvalue weighted by Gasteiger charge is 2.27. The second-order valence-corrected chi connectivity index (χ2v) is 5.35. The lowest BCUT2D eigenvalue weighted by Crippen LogP contribution is -2.23. The maximum Gasteiger partial charge on any atom is 0.405 e. The summed E-state index contributed by atoms with van der Waals surface area (Å²) in [5.74, 6) is 0.636. The van der Waals surface area contributed by atoms with Crippen molar-refractivity contribution in [3.63, 3.8) is 0 Å². The number of alkyl halides is 3. The van der Waals surface area contributed by atoms with Crippen LogP contribution in [0.1, 0.15) is 19.4 Å². The molecule has 0 aliphatic rings. The van der Waals surface area contributed by atoms with Crippen LogP contribution in [-0.4, -0.2) is 43.3 Å². The monoisotopic (exact) mass is 399 g/mol. The lowest BCUT2D eigenvalue weighted by molar-refractivity contribution is -0.115. The highest BCUT2D eigenvalue weighted by Crippen LogP contribution is 2.22. The van der Waals surface area contributed by atoms with Crippen molar-refractivity contribution in [2.45, 2.75) is 26.6 Å². The average molecular weight is 399 g/mol. The Morgan fingerprint density at radius 3 is 2.39 bits per heavy atom. The minimum Gasteiger partial charge on any atom is -0.497 e. The number of carbonyl (C=O) groups is 1. The van der Waals surface area contributed by atoms with E-state index in [9.17, 15) is 18.0 Å². The molecular formula is C18H24F3N5O2. The molecule has 2 aromatic rings. The first-order valence-corrected chi connectivity index (χ1v) is 8.54. The first-order chi connectivity index (χ1) is 13.3. The fourth-order valence-corrected chi connectivity index (χ4v) is 2.15. The van der Waals surface area contributed by atoms with Gasteiger partial charge in [0.15, 0.2) is 0 Å². The number of amides is 1. The van der Waals surface area contributed by atoms with Crippen LogP contribution < -0.4 is 20.3 Å². The summed E-state index contributed by atoms with van der Waals surface area (Å²) >= 11 is 0. The maximum atomic E-state index is 12.3. The standard InChI is InChI=1S/C16H18F3N5O2.C2H6/c1-24(12-3-5-13(26-2)6-4-12)8-11-7-20-15(21-9-16(17,18)19)23-14(11)22-10-25;1-2/h3-7,10H,8-9H2,1-2H3,(H2,20,21,22,23,25);1-2H3. The molecule has 10 heteroatoms. The first kappa shape index (κ1) is 23.0. The normalized spacial score (nSPS) is 10.4. The molecular weight excluding hydrogens is 375 g/mol. The van der Waals surface area contributed by atoms with Crippen molar-refractivity contribution in [2.75, 3.05) is 36.2 Å². The molecule has 28 heavy (non-hydrogen) atoms. The van der Waals surface area contributed by atoms with Crippen molar-refractivity contribution < 1.29 is 22.7 Å². The van der Waals surface area contributed by atoms with Crippen LogP contribution in [0.25, 0.3) is 0 Å². The van der Waals surface area contributed by atoms with Crippen molar-refractivity contribution in [1.29, 1.82) is 0 Å². The summed E-state index contributed by atoms with van der Waals surface area (Å²) in [5.41, 5.74) is 1.43. The number of carbonyl (C=O) groups excluding carboxylic acids is 1. The zero-order chi connectivity index (χ0) is 21.2. The van der Waals surface area contributed by atoms with E-state index in [2.05, 4.69) is 20.6 Å². The molecule has 1 heterocycles. The molecule has 7 nitrogen and oxygen atoms in total. The van der Waals surface area contributed by atoms with Crippen molar-refractivity contribution >= 4 is 23.9 Å². The summed E-state index contributed by atoms with van der Waals surface area (Å²) in [5, 5.41) is 4.47. The van der Waals surface area contributed by atoms with Crippen LogP contribution in [-0.2, 0) is 11.3 Å². The van der Waals surface area contributed by atoms with Gasteiger partial charge in [-0.1, -0.05) is 13.8 Å². The summed E-state index contributed by atoms with van der Waals surface area (Å²) in [6, 6.07) is 7.31. The SMILES string of the molecule is CC.COc1ccc(N(C)Cc2cnc(NCC(F)(F)F)nc2NC=O)cc1. The molecule has 0 atom stereocenters. The average Bonchev–Trinajstić information content (AvgIpc) is 2.69. The minimum absolute atomic E-state index is 0.139.